The third kappa shape index (κ3) is 4.14. The average molecular weight is 441 g/mol. The Morgan fingerprint density at radius 3 is 2.45 bits per heavy atom. The van der Waals surface area contributed by atoms with Crippen LogP contribution in [0.5, 0.6) is 0 Å². The number of esters is 1. The Morgan fingerprint density at radius 2 is 1.83 bits per heavy atom. The first kappa shape index (κ1) is 21.3. The van der Waals surface area contributed by atoms with Gasteiger partial charge in [0, 0.05) is 26.2 Å². The van der Waals surface area contributed by atoms with E-state index in [0.717, 1.165) is 4.68 Å². The molecule has 11 heteroatoms. The molecule has 0 atom stereocenters. The second-order valence-corrected chi connectivity index (χ2v) is 8.99. The molecule has 0 spiro atoms. The molecule has 1 fully saturated rings. The van der Waals surface area contributed by atoms with Crippen molar-refractivity contribution in [2.24, 2.45) is 0 Å². The van der Waals surface area contributed by atoms with Gasteiger partial charge in [-0.15, -0.1) is 0 Å². The van der Waals surface area contributed by atoms with Crippen LogP contribution >= 0.6 is 11.6 Å². The Morgan fingerprint density at radius 1 is 1.17 bits per heavy atom. The molecule has 156 valence electrons. The monoisotopic (exact) mass is 440 g/mol. The van der Waals surface area contributed by atoms with Crippen LogP contribution < -0.4 is 10.5 Å². The van der Waals surface area contributed by atoms with Crippen LogP contribution in [0, 0.1) is 0 Å². The van der Waals surface area contributed by atoms with E-state index in [1.807, 2.05) is 4.90 Å². The average Bonchev–Trinajstić information content (AvgIpc) is 2.75. The fraction of sp³-hybridized carbons (Fsp3) is 0.389. The van der Waals surface area contributed by atoms with Crippen molar-refractivity contribution in [1.29, 1.82) is 0 Å². The molecule has 0 bridgehead atoms. The van der Waals surface area contributed by atoms with Gasteiger partial charge in [-0.3, -0.25) is 4.79 Å². The minimum absolute atomic E-state index is 0.0466. The van der Waals surface area contributed by atoms with Gasteiger partial charge in [0.05, 0.1) is 36.0 Å². The van der Waals surface area contributed by atoms with Crippen LogP contribution in [0.25, 0.3) is 5.69 Å². The number of carbonyl (C=O) groups is 1. The number of hydrogen-bond acceptors (Lipinski definition) is 7. The molecule has 1 aliphatic rings. The van der Waals surface area contributed by atoms with E-state index in [4.69, 9.17) is 16.3 Å². The van der Waals surface area contributed by atoms with Crippen LogP contribution in [-0.4, -0.2) is 67.5 Å². The van der Waals surface area contributed by atoms with Crippen LogP contribution in [-0.2, 0) is 14.8 Å². The number of para-hydroxylation sites is 1. The van der Waals surface area contributed by atoms with E-state index in [2.05, 4.69) is 5.10 Å². The van der Waals surface area contributed by atoms with Gasteiger partial charge in [0.1, 0.15) is 5.02 Å². The van der Waals surface area contributed by atoms with Gasteiger partial charge < -0.3 is 9.64 Å². The Labute approximate surface area is 173 Å². The number of ether oxygens (including phenoxy) is 1. The lowest BCUT2D eigenvalue weighted by molar-refractivity contribution is 0.0600. The number of anilines is 1. The zero-order chi connectivity index (χ0) is 21.2. The highest BCUT2D eigenvalue weighted by Crippen LogP contribution is 2.24. The van der Waals surface area contributed by atoms with Crippen LogP contribution in [0.15, 0.2) is 35.3 Å². The van der Waals surface area contributed by atoms with E-state index in [1.54, 1.807) is 25.1 Å². The number of hydrogen-bond donors (Lipinski definition) is 0. The van der Waals surface area contributed by atoms with E-state index in [0.29, 0.717) is 31.9 Å². The molecule has 0 radical (unpaired) electrons. The number of nitrogens with zero attached hydrogens (tertiary/aromatic N) is 4. The first-order valence-corrected chi connectivity index (χ1v) is 11.0. The number of benzene rings is 1. The SMILES string of the molecule is CCS(=O)(=O)N1CCN(c2cnn(-c3ccccc3C(=O)OC)c(=O)c2Cl)CC1. The van der Waals surface area contributed by atoms with Gasteiger partial charge in [0.15, 0.2) is 0 Å². The van der Waals surface area contributed by atoms with Crippen molar-refractivity contribution < 1.29 is 17.9 Å². The van der Waals surface area contributed by atoms with Crippen molar-refractivity contribution in [2.75, 3.05) is 43.9 Å². The van der Waals surface area contributed by atoms with Gasteiger partial charge in [-0.1, -0.05) is 23.7 Å². The maximum Gasteiger partial charge on any atom is 0.340 e. The summed E-state index contributed by atoms with van der Waals surface area (Å²) >= 11 is 6.34. The summed E-state index contributed by atoms with van der Waals surface area (Å²) in [4.78, 5) is 26.7. The number of piperazine rings is 1. The van der Waals surface area contributed by atoms with Gasteiger partial charge in [0.2, 0.25) is 10.0 Å². The van der Waals surface area contributed by atoms with Crippen LogP contribution in [0.4, 0.5) is 5.69 Å². The molecule has 9 nitrogen and oxygen atoms in total. The van der Waals surface area contributed by atoms with E-state index in [9.17, 15) is 18.0 Å². The summed E-state index contributed by atoms with van der Waals surface area (Å²) in [6, 6.07) is 6.43. The number of carbonyl (C=O) groups excluding carboxylic acids is 1. The summed E-state index contributed by atoms with van der Waals surface area (Å²) in [6.07, 6.45) is 1.45. The Balaban J connectivity index is 1.91. The second kappa shape index (κ2) is 8.52. The first-order valence-electron chi connectivity index (χ1n) is 8.98. The predicted molar refractivity (Wildman–Crippen MR) is 109 cm³/mol. The summed E-state index contributed by atoms with van der Waals surface area (Å²) in [5, 5.41) is 4.13. The van der Waals surface area contributed by atoms with Gasteiger partial charge >= 0.3 is 5.97 Å². The number of methoxy groups -OCH3 is 1. The van der Waals surface area contributed by atoms with Crippen molar-refractivity contribution in [2.45, 2.75) is 6.92 Å². The fourth-order valence-corrected chi connectivity index (χ4v) is 4.48. The van der Waals surface area contributed by atoms with Gasteiger partial charge in [0.25, 0.3) is 5.56 Å². The summed E-state index contributed by atoms with van der Waals surface area (Å²) in [6.45, 7) is 3.00. The predicted octanol–water partition coefficient (Wildman–Crippen LogP) is 1.14. The molecule has 2 aromatic rings. The molecule has 0 amide bonds. The van der Waals surface area contributed by atoms with Crippen molar-refractivity contribution in [3.8, 4) is 5.69 Å². The minimum Gasteiger partial charge on any atom is -0.465 e. The topological polar surface area (TPSA) is 102 Å². The molecule has 1 saturated heterocycles. The van der Waals surface area contributed by atoms with E-state index in [-0.39, 0.29) is 22.0 Å². The third-order valence-electron chi connectivity index (χ3n) is 4.78. The largest absolute Gasteiger partial charge is 0.465 e. The molecule has 1 aliphatic heterocycles. The lowest BCUT2D eigenvalue weighted by Crippen LogP contribution is -2.49. The highest BCUT2D eigenvalue weighted by Gasteiger charge is 2.27. The van der Waals surface area contributed by atoms with Crippen molar-refractivity contribution in [1.82, 2.24) is 14.1 Å². The summed E-state index contributed by atoms with van der Waals surface area (Å²) in [5.41, 5.74) is 0.296. The summed E-state index contributed by atoms with van der Waals surface area (Å²) in [5.74, 6) is -0.548. The zero-order valence-electron chi connectivity index (χ0n) is 16.0. The number of aromatic nitrogens is 2. The molecule has 29 heavy (non-hydrogen) atoms. The molecule has 1 aromatic heterocycles. The molecule has 0 unspecified atom stereocenters. The zero-order valence-corrected chi connectivity index (χ0v) is 17.6. The lowest BCUT2D eigenvalue weighted by Gasteiger charge is -2.35. The van der Waals surface area contributed by atoms with Gasteiger partial charge in [-0.25, -0.2) is 13.2 Å². The summed E-state index contributed by atoms with van der Waals surface area (Å²) < 4.78 is 31.3. The van der Waals surface area contributed by atoms with E-state index >= 15 is 0 Å². The van der Waals surface area contributed by atoms with Crippen molar-refractivity contribution in [3.63, 3.8) is 0 Å². The van der Waals surface area contributed by atoms with Crippen molar-refractivity contribution in [3.05, 3.63) is 51.4 Å². The molecular formula is C18H21ClN4O5S. The van der Waals surface area contributed by atoms with Crippen LogP contribution in [0.1, 0.15) is 17.3 Å². The standard InChI is InChI=1S/C18H21ClN4O5S/c1-3-29(26,27)22-10-8-21(9-11-22)15-12-20-23(17(24)16(15)19)14-7-5-4-6-13(14)18(25)28-2/h4-7,12H,3,8-11H2,1-2H3. The molecule has 0 aliphatic carbocycles. The fourth-order valence-electron chi connectivity index (χ4n) is 3.15. The summed E-state index contributed by atoms with van der Waals surface area (Å²) in [7, 11) is -2.00. The molecule has 0 N–H and O–H groups in total. The smallest absolute Gasteiger partial charge is 0.340 e. The minimum atomic E-state index is -3.25. The molecular weight excluding hydrogens is 420 g/mol. The molecule has 1 aromatic carbocycles. The lowest BCUT2D eigenvalue weighted by atomic mass is 10.2. The molecule has 3 rings (SSSR count). The van der Waals surface area contributed by atoms with E-state index < -0.39 is 21.6 Å². The van der Waals surface area contributed by atoms with Crippen LogP contribution in [0.2, 0.25) is 5.02 Å². The molecule has 0 saturated carbocycles. The van der Waals surface area contributed by atoms with Gasteiger partial charge in [-0.05, 0) is 19.1 Å². The Hall–Kier alpha value is -2.43. The van der Waals surface area contributed by atoms with Gasteiger partial charge in [-0.2, -0.15) is 14.1 Å². The first-order chi connectivity index (χ1) is 13.8. The van der Waals surface area contributed by atoms with Crippen LogP contribution in [0.3, 0.4) is 0 Å². The highest BCUT2D eigenvalue weighted by molar-refractivity contribution is 7.89. The Bertz CT molecular complexity index is 1080. The highest BCUT2D eigenvalue weighted by atomic mass is 35.5. The maximum atomic E-state index is 12.8. The normalized spacial score (nSPS) is 15.3. The molecule has 2 heterocycles. The number of sulfonamides is 1. The third-order valence-corrected chi connectivity index (χ3v) is 7.01. The number of rotatable bonds is 5. The van der Waals surface area contributed by atoms with E-state index in [1.165, 1.54) is 23.7 Å². The maximum absolute atomic E-state index is 12.8. The number of halogens is 1. The quantitative estimate of drug-likeness (QED) is 0.642. The Kier molecular flexibility index (Phi) is 6.25. The van der Waals surface area contributed by atoms with Crippen molar-refractivity contribution >= 4 is 33.3 Å². The second-order valence-electron chi connectivity index (χ2n) is 6.36.